The molecule has 1 atom stereocenters. The summed E-state index contributed by atoms with van der Waals surface area (Å²) in [6.45, 7) is 0. The Hall–Kier alpha value is -7.84. The van der Waals surface area contributed by atoms with E-state index in [0.717, 1.165) is 39.3 Å². The molecule has 1 aliphatic rings. The Morgan fingerprint density at radius 2 is 0.922 bits per heavy atom. The minimum absolute atomic E-state index is 0.311. The maximum absolute atomic E-state index is 5.18. The maximum Gasteiger partial charge on any atom is 0.211 e. The molecule has 1 unspecified atom stereocenters. The lowest BCUT2D eigenvalue weighted by molar-refractivity contribution is 0.667. The number of aliphatic imine (C=N–C) groups is 2. The fraction of sp³-hybridized carbons (Fsp3) is 0.0175. The zero-order valence-corrected chi connectivity index (χ0v) is 36.0. The van der Waals surface area contributed by atoms with Gasteiger partial charge >= 0.3 is 0 Å². The van der Waals surface area contributed by atoms with Crippen molar-refractivity contribution < 1.29 is 0 Å². The van der Waals surface area contributed by atoms with Crippen molar-refractivity contribution >= 4 is 108 Å². The van der Waals surface area contributed by atoms with Crippen molar-refractivity contribution in [2.24, 2.45) is 9.98 Å². The maximum atomic E-state index is 5.18. The molecular formula is C57H37N5S2. The van der Waals surface area contributed by atoms with Crippen LogP contribution in [0.5, 0.6) is 0 Å². The van der Waals surface area contributed by atoms with E-state index in [1.165, 1.54) is 62.2 Å². The van der Waals surface area contributed by atoms with E-state index < -0.39 is 0 Å². The highest BCUT2D eigenvalue weighted by molar-refractivity contribution is 7.26. The first-order valence-corrected chi connectivity index (χ1v) is 23.1. The van der Waals surface area contributed by atoms with Crippen LogP contribution in [0.15, 0.2) is 222 Å². The van der Waals surface area contributed by atoms with Crippen molar-refractivity contribution in [3.05, 3.63) is 223 Å². The summed E-state index contributed by atoms with van der Waals surface area (Å²) in [5, 5.41) is 11.7. The van der Waals surface area contributed by atoms with Crippen molar-refractivity contribution in [3.63, 3.8) is 0 Å². The molecule has 5 nitrogen and oxygen atoms in total. The average molecular weight is 856 g/mol. The van der Waals surface area contributed by atoms with E-state index in [0.29, 0.717) is 11.8 Å². The van der Waals surface area contributed by atoms with Gasteiger partial charge in [0.1, 0.15) is 6.17 Å². The van der Waals surface area contributed by atoms with Gasteiger partial charge in [0.05, 0.1) is 11.0 Å². The molecule has 12 aromatic rings. The molecule has 3 aromatic heterocycles. The predicted octanol–water partition coefficient (Wildman–Crippen LogP) is 15.4. The third-order valence-electron chi connectivity index (χ3n) is 12.5. The molecule has 0 amide bonds. The molecule has 1 N–H and O–H groups in total. The first kappa shape index (κ1) is 36.8. The number of aromatic nitrogens is 1. The SMILES string of the molecule is c1ccc(C2=NC(c3ccccc3)NC(N(c3ccccc3)c3ccc(-c4ccc(-n5c6ccc7sc8ccccc8c7c6c6c7c(ccc65)sc5ccccc57)cc4)cc3)=N2)cc1. The topological polar surface area (TPSA) is 44.9 Å². The number of fused-ring (bicyclic) bond motifs is 11. The van der Waals surface area contributed by atoms with Crippen molar-refractivity contribution in [2.75, 3.05) is 4.90 Å². The Labute approximate surface area is 377 Å². The Kier molecular flexibility index (Phi) is 8.57. The molecular weight excluding hydrogens is 819 g/mol. The molecule has 0 saturated heterocycles. The van der Waals surface area contributed by atoms with Gasteiger partial charge in [-0.15, -0.1) is 22.7 Å². The van der Waals surface area contributed by atoms with Gasteiger partial charge in [-0.05, 0) is 89.5 Å². The normalized spacial score (nSPS) is 14.1. The number of guanidine groups is 1. The molecule has 0 spiro atoms. The highest BCUT2D eigenvalue weighted by Gasteiger charge is 2.26. The Morgan fingerprint density at radius 1 is 0.422 bits per heavy atom. The molecule has 302 valence electrons. The first-order chi connectivity index (χ1) is 31.7. The first-order valence-electron chi connectivity index (χ1n) is 21.5. The minimum atomic E-state index is -0.311. The van der Waals surface area contributed by atoms with Crippen LogP contribution in [0, 0.1) is 0 Å². The van der Waals surface area contributed by atoms with Crippen LogP contribution in [0.1, 0.15) is 17.3 Å². The smallest absolute Gasteiger partial charge is 0.211 e. The van der Waals surface area contributed by atoms with Crippen molar-refractivity contribution in [1.82, 2.24) is 9.88 Å². The number of hydrogen-bond donors (Lipinski definition) is 1. The lowest BCUT2D eigenvalue weighted by Crippen LogP contribution is -2.43. The lowest BCUT2D eigenvalue weighted by Gasteiger charge is -2.32. The standard InChI is InChI=1S/C57H37N5S2/c1-4-14-38(15-5-1)55-58-56(39-16-6-2-7-17-39)60-57(59-55)61(40-18-8-3-9-19-40)41-28-24-36(25-29-41)37-26-30-42(31-27-37)62-45-32-34-49-51(43-20-10-12-22-47(43)63-49)53(45)54-46(62)33-35-50-52(54)44-21-11-13-23-48(44)64-50/h1-35,55H,(H,58,59,60). The van der Waals surface area contributed by atoms with E-state index in [2.05, 4.69) is 197 Å². The van der Waals surface area contributed by atoms with Crippen LogP contribution < -0.4 is 10.2 Å². The van der Waals surface area contributed by atoms with Crippen molar-refractivity contribution in [1.29, 1.82) is 0 Å². The van der Waals surface area contributed by atoms with Crippen molar-refractivity contribution in [3.8, 4) is 16.8 Å². The summed E-state index contributed by atoms with van der Waals surface area (Å²) in [7, 11) is 0. The molecule has 1 aliphatic heterocycles. The van der Waals surface area contributed by atoms with E-state index >= 15 is 0 Å². The van der Waals surface area contributed by atoms with Crippen LogP contribution in [0.25, 0.3) is 79.0 Å². The van der Waals surface area contributed by atoms with E-state index in [9.17, 15) is 0 Å². The number of rotatable bonds is 6. The molecule has 4 heterocycles. The Balaban J connectivity index is 0.911. The molecule has 13 rings (SSSR count). The predicted molar refractivity (Wildman–Crippen MR) is 273 cm³/mol. The van der Waals surface area contributed by atoms with Gasteiger partial charge in [-0.1, -0.05) is 140 Å². The van der Waals surface area contributed by atoms with Crippen LogP contribution in [-0.2, 0) is 0 Å². The van der Waals surface area contributed by atoms with Gasteiger partial charge in [-0.25, -0.2) is 4.99 Å². The molecule has 9 aromatic carbocycles. The molecule has 0 radical (unpaired) electrons. The number of hydrogen-bond acceptors (Lipinski definition) is 6. The summed E-state index contributed by atoms with van der Waals surface area (Å²) >= 11 is 3.77. The zero-order chi connectivity index (χ0) is 42.1. The van der Waals surface area contributed by atoms with Crippen LogP contribution in [0.3, 0.4) is 0 Å². The summed E-state index contributed by atoms with van der Waals surface area (Å²) in [5.74, 6) is 1.39. The van der Waals surface area contributed by atoms with Gasteiger partial charge < -0.3 is 9.88 Å². The zero-order valence-electron chi connectivity index (χ0n) is 34.4. The second-order valence-electron chi connectivity index (χ2n) is 16.2. The minimum Gasteiger partial charge on any atom is -0.330 e. The Morgan fingerprint density at radius 3 is 1.52 bits per heavy atom. The highest BCUT2D eigenvalue weighted by Crippen LogP contribution is 2.48. The van der Waals surface area contributed by atoms with E-state index in [1.54, 1.807) is 0 Å². The van der Waals surface area contributed by atoms with Crippen LogP contribution in [0.4, 0.5) is 11.4 Å². The lowest BCUT2D eigenvalue weighted by atomic mass is 10.0. The number of amidine groups is 1. The summed E-state index contributed by atoms with van der Waals surface area (Å²) in [4.78, 5) is 12.5. The van der Waals surface area contributed by atoms with Crippen LogP contribution in [-0.4, -0.2) is 16.4 Å². The monoisotopic (exact) mass is 855 g/mol. The van der Waals surface area contributed by atoms with Gasteiger partial charge in [-0.3, -0.25) is 4.90 Å². The fourth-order valence-corrected chi connectivity index (χ4v) is 11.8. The summed E-state index contributed by atoms with van der Waals surface area (Å²) < 4.78 is 7.75. The molecule has 0 fully saturated rings. The summed E-state index contributed by atoms with van der Waals surface area (Å²) in [6, 6.07) is 75.9. The third-order valence-corrected chi connectivity index (χ3v) is 14.7. The number of anilines is 2. The molecule has 0 aliphatic carbocycles. The molecule has 64 heavy (non-hydrogen) atoms. The van der Waals surface area contributed by atoms with E-state index in [1.807, 2.05) is 53.0 Å². The van der Waals surface area contributed by atoms with Gasteiger partial charge in [0.15, 0.2) is 5.84 Å². The number of thiophene rings is 2. The Bertz CT molecular complexity index is 3660. The summed E-state index contributed by atoms with van der Waals surface area (Å²) in [6.07, 6.45) is -0.311. The second-order valence-corrected chi connectivity index (χ2v) is 18.3. The molecule has 0 bridgehead atoms. The van der Waals surface area contributed by atoms with Crippen LogP contribution in [0.2, 0.25) is 0 Å². The van der Waals surface area contributed by atoms with E-state index in [-0.39, 0.29) is 6.17 Å². The third kappa shape index (κ3) is 5.97. The number of nitrogens with one attached hydrogen (secondary N) is 1. The summed E-state index contributed by atoms with van der Waals surface area (Å²) in [5.41, 5.74) is 9.89. The van der Waals surface area contributed by atoms with E-state index in [4.69, 9.17) is 9.98 Å². The second kappa shape index (κ2) is 14.9. The van der Waals surface area contributed by atoms with Gasteiger partial charge in [0.2, 0.25) is 5.96 Å². The van der Waals surface area contributed by atoms with Gasteiger partial charge in [0, 0.05) is 73.7 Å². The quantitative estimate of drug-likeness (QED) is 0.181. The molecule has 7 heteroatoms. The van der Waals surface area contributed by atoms with Gasteiger partial charge in [-0.2, -0.15) is 4.99 Å². The van der Waals surface area contributed by atoms with Crippen molar-refractivity contribution in [2.45, 2.75) is 6.17 Å². The number of nitrogens with zero attached hydrogens (tertiary/aromatic N) is 4. The highest BCUT2D eigenvalue weighted by atomic mass is 32.1. The largest absolute Gasteiger partial charge is 0.330 e. The number of para-hydroxylation sites is 1. The van der Waals surface area contributed by atoms with Crippen LogP contribution >= 0.6 is 22.7 Å². The fourth-order valence-electron chi connectivity index (χ4n) is 9.55. The van der Waals surface area contributed by atoms with Gasteiger partial charge in [0.25, 0.3) is 0 Å². The number of benzene rings is 9. The molecule has 0 saturated carbocycles. The average Bonchev–Trinajstić information content (AvgIpc) is 4.05.